The van der Waals surface area contributed by atoms with Crippen molar-refractivity contribution in [1.82, 2.24) is 9.78 Å². The predicted molar refractivity (Wildman–Crippen MR) is 108 cm³/mol. The average molecular weight is 409 g/mol. The number of esters is 1. The van der Waals surface area contributed by atoms with Crippen molar-refractivity contribution in [3.05, 3.63) is 59.8 Å². The van der Waals surface area contributed by atoms with E-state index >= 15 is 0 Å². The number of rotatable bonds is 5. The SMILES string of the molecule is COC(=O)c1c(-c2ccc(C)cc2)c(-c2ccc(S(C)(=O)=O)cc2)nn1CC#N. The molecule has 0 amide bonds. The maximum atomic E-state index is 12.5. The van der Waals surface area contributed by atoms with Gasteiger partial charge in [-0.3, -0.25) is 0 Å². The summed E-state index contributed by atoms with van der Waals surface area (Å²) in [6, 6.07) is 15.8. The minimum Gasteiger partial charge on any atom is -0.464 e. The highest BCUT2D eigenvalue weighted by Gasteiger charge is 2.26. The second-order valence-electron chi connectivity index (χ2n) is 6.54. The van der Waals surface area contributed by atoms with E-state index in [1.165, 1.54) is 23.9 Å². The molecule has 0 spiro atoms. The molecule has 0 aliphatic rings. The molecule has 0 radical (unpaired) electrons. The second-order valence-corrected chi connectivity index (χ2v) is 8.56. The number of carbonyl (C=O) groups excluding carboxylic acids is 1. The summed E-state index contributed by atoms with van der Waals surface area (Å²) in [5.74, 6) is -0.609. The number of hydrogen-bond donors (Lipinski definition) is 0. The van der Waals surface area contributed by atoms with E-state index in [0.29, 0.717) is 16.8 Å². The lowest BCUT2D eigenvalue weighted by molar-refractivity contribution is 0.0588. The Morgan fingerprint density at radius 1 is 1.10 bits per heavy atom. The van der Waals surface area contributed by atoms with Gasteiger partial charge in [0.1, 0.15) is 12.2 Å². The summed E-state index contributed by atoms with van der Waals surface area (Å²) in [5, 5.41) is 13.6. The number of carbonyl (C=O) groups is 1. The van der Waals surface area contributed by atoms with Gasteiger partial charge in [-0.05, 0) is 24.6 Å². The van der Waals surface area contributed by atoms with Gasteiger partial charge in [-0.25, -0.2) is 17.9 Å². The molecule has 0 saturated carbocycles. The van der Waals surface area contributed by atoms with Crippen LogP contribution in [0.5, 0.6) is 0 Å². The average Bonchev–Trinajstić information content (AvgIpc) is 3.07. The molecule has 0 aliphatic heterocycles. The fourth-order valence-electron chi connectivity index (χ4n) is 3.00. The monoisotopic (exact) mass is 409 g/mol. The maximum Gasteiger partial charge on any atom is 0.357 e. The quantitative estimate of drug-likeness (QED) is 0.600. The van der Waals surface area contributed by atoms with E-state index in [1.807, 2.05) is 37.3 Å². The van der Waals surface area contributed by atoms with E-state index < -0.39 is 15.8 Å². The zero-order valence-electron chi connectivity index (χ0n) is 16.2. The molecule has 3 rings (SSSR count). The molecule has 0 fully saturated rings. The van der Waals surface area contributed by atoms with Crippen LogP contribution in [-0.2, 0) is 21.1 Å². The van der Waals surface area contributed by atoms with Crippen molar-refractivity contribution < 1.29 is 17.9 Å². The van der Waals surface area contributed by atoms with Crippen LogP contribution in [0.25, 0.3) is 22.4 Å². The van der Waals surface area contributed by atoms with Crippen molar-refractivity contribution in [3.63, 3.8) is 0 Å². The fourth-order valence-corrected chi connectivity index (χ4v) is 3.63. The first-order valence-corrected chi connectivity index (χ1v) is 10.6. The second kappa shape index (κ2) is 7.89. The summed E-state index contributed by atoms with van der Waals surface area (Å²) in [7, 11) is -2.07. The van der Waals surface area contributed by atoms with Gasteiger partial charge < -0.3 is 4.74 Å². The molecule has 1 heterocycles. The van der Waals surface area contributed by atoms with Crippen LogP contribution in [0.15, 0.2) is 53.4 Å². The van der Waals surface area contributed by atoms with Gasteiger partial charge >= 0.3 is 5.97 Å². The number of hydrogen-bond acceptors (Lipinski definition) is 6. The molecule has 0 N–H and O–H groups in total. The summed E-state index contributed by atoms with van der Waals surface area (Å²) in [6.07, 6.45) is 1.14. The first kappa shape index (κ1) is 20.3. The van der Waals surface area contributed by atoms with Crippen molar-refractivity contribution in [2.45, 2.75) is 18.4 Å². The zero-order valence-corrected chi connectivity index (χ0v) is 17.0. The molecular weight excluding hydrogens is 390 g/mol. The van der Waals surface area contributed by atoms with Gasteiger partial charge in [0.2, 0.25) is 0 Å². The molecule has 7 nitrogen and oxygen atoms in total. The third-order valence-electron chi connectivity index (χ3n) is 4.45. The van der Waals surface area contributed by atoms with Crippen LogP contribution < -0.4 is 0 Å². The minimum atomic E-state index is -3.34. The zero-order chi connectivity index (χ0) is 21.2. The molecule has 3 aromatic rings. The highest BCUT2D eigenvalue weighted by Crippen LogP contribution is 2.35. The van der Waals surface area contributed by atoms with Crippen molar-refractivity contribution in [2.24, 2.45) is 0 Å². The Hall–Kier alpha value is -3.44. The molecule has 2 aromatic carbocycles. The van der Waals surface area contributed by atoms with E-state index in [1.54, 1.807) is 12.1 Å². The normalized spacial score (nSPS) is 11.1. The lowest BCUT2D eigenvalue weighted by Gasteiger charge is -2.08. The van der Waals surface area contributed by atoms with Crippen molar-refractivity contribution >= 4 is 15.8 Å². The lowest BCUT2D eigenvalue weighted by Crippen LogP contribution is -2.12. The Balaban J connectivity index is 2.29. The van der Waals surface area contributed by atoms with Crippen LogP contribution >= 0.6 is 0 Å². The fraction of sp³-hybridized carbons (Fsp3) is 0.190. The molecular formula is C21H19N3O4S. The van der Waals surface area contributed by atoms with Gasteiger partial charge in [0.25, 0.3) is 0 Å². The van der Waals surface area contributed by atoms with Crippen LogP contribution in [0.4, 0.5) is 0 Å². The lowest BCUT2D eigenvalue weighted by atomic mass is 9.98. The Bertz CT molecular complexity index is 1200. The molecule has 0 saturated heterocycles. The van der Waals surface area contributed by atoms with Crippen LogP contribution in [0, 0.1) is 18.3 Å². The molecule has 0 aliphatic carbocycles. The van der Waals surface area contributed by atoms with E-state index in [2.05, 4.69) is 5.10 Å². The molecule has 148 valence electrons. The predicted octanol–water partition coefficient (Wildman–Crippen LogP) is 3.24. The summed E-state index contributed by atoms with van der Waals surface area (Å²) < 4.78 is 29.8. The largest absolute Gasteiger partial charge is 0.464 e. The first-order valence-electron chi connectivity index (χ1n) is 8.70. The molecule has 0 unspecified atom stereocenters. The third kappa shape index (κ3) is 4.05. The Morgan fingerprint density at radius 2 is 1.69 bits per heavy atom. The number of aryl methyl sites for hydroxylation is 1. The van der Waals surface area contributed by atoms with Crippen molar-refractivity contribution in [1.29, 1.82) is 5.26 Å². The highest BCUT2D eigenvalue weighted by molar-refractivity contribution is 7.90. The molecule has 1 aromatic heterocycles. The van der Waals surface area contributed by atoms with Crippen LogP contribution in [-0.4, -0.2) is 37.5 Å². The van der Waals surface area contributed by atoms with Crippen molar-refractivity contribution in [2.75, 3.05) is 13.4 Å². The Morgan fingerprint density at radius 3 is 2.21 bits per heavy atom. The number of methoxy groups -OCH3 is 1. The summed E-state index contributed by atoms with van der Waals surface area (Å²) in [5.41, 5.74) is 3.57. The number of nitrogens with zero attached hydrogens (tertiary/aromatic N) is 3. The molecule has 0 atom stereocenters. The molecule has 29 heavy (non-hydrogen) atoms. The minimum absolute atomic E-state index is 0.134. The van der Waals surface area contributed by atoms with Gasteiger partial charge in [-0.1, -0.05) is 42.0 Å². The van der Waals surface area contributed by atoms with Gasteiger partial charge in [0, 0.05) is 17.4 Å². The summed E-state index contributed by atoms with van der Waals surface area (Å²) in [6.45, 7) is 1.82. The van der Waals surface area contributed by atoms with Gasteiger partial charge in [-0.2, -0.15) is 10.4 Å². The first-order chi connectivity index (χ1) is 13.8. The van der Waals surface area contributed by atoms with E-state index in [-0.39, 0.29) is 17.1 Å². The van der Waals surface area contributed by atoms with Crippen LogP contribution in [0.1, 0.15) is 16.1 Å². The third-order valence-corrected chi connectivity index (χ3v) is 5.58. The van der Waals surface area contributed by atoms with E-state index in [0.717, 1.165) is 17.4 Å². The van der Waals surface area contributed by atoms with E-state index in [9.17, 15) is 18.5 Å². The topological polar surface area (TPSA) is 102 Å². The van der Waals surface area contributed by atoms with E-state index in [4.69, 9.17) is 4.74 Å². The standard InChI is InChI=1S/C21H19N3O4S/c1-14-4-6-15(7-5-14)18-19(16-8-10-17(11-9-16)29(3,26)27)23-24(13-12-22)20(18)21(25)28-2/h4-11H,13H2,1-3H3. The van der Waals surface area contributed by atoms with Crippen LogP contribution in [0.2, 0.25) is 0 Å². The van der Waals surface area contributed by atoms with Crippen molar-refractivity contribution in [3.8, 4) is 28.5 Å². The number of sulfone groups is 1. The smallest absolute Gasteiger partial charge is 0.357 e. The molecule has 8 heteroatoms. The maximum absolute atomic E-state index is 12.5. The Kier molecular flexibility index (Phi) is 5.52. The van der Waals surface area contributed by atoms with Gasteiger partial charge in [-0.15, -0.1) is 0 Å². The van der Waals surface area contributed by atoms with Crippen LogP contribution in [0.3, 0.4) is 0 Å². The number of aromatic nitrogens is 2. The highest BCUT2D eigenvalue weighted by atomic mass is 32.2. The number of ether oxygens (including phenoxy) is 1. The van der Waals surface area contributed by atoms with Gasteiger partial charge in [0.05, 0.1) is 18.1 Å². The Labute approximate surface area is 169 Å². The summed E-state index contributed by atoms with van der Waals surface area (Å²) in [4.78, 5) is 12.7. The summed E-state index contributed by atoms with van der Waals surface area (Å²) >= 11 is 0. The molecule has 0 bridgehead atoms. The van der Waals surface area contributed by atoms with Gasteiger partial charge in [0.15, 0.2) is 15.5 Å². The number of nitriles is 1. The number of benzene rings is 2.